The molecule has 0 aliphatic carbocycles. The number of rotatable bonds is 4. The van der Waals surface area contributed by atoms with E-state index >= 15 is 0 Å². The van der Waals surface area contributed by atoms with E-state index in [1.165, 1.54) is 26.2 Å². The maximum Gasteiger partial charge on any atom is 0.305 e. The first-order chi connectivity index (χ1) is 11.0. The topological polar surface area (TPSA) is 128 Å². The minimum atomic E-state index is -0.609. The van der Waals surface area contributed by atoms with Crippen LogP contribution in [-0.4, -0.2) is 18.7 Å². The monoisotopic (exact) mass is 315 g/mol. The summed E-state index contributed by atoms with van der Waals surface area (Å²) in [5.74, 6) is -0.182. The van der Waals surface area contributed by atoms with Crippen LogP contribution in [0.5, 0.6) is 5.75 Å². The molecule has 118 valence electrons. The van der Waals surface area contributed by atoms with E-state index in [0.29, 0.717) is 15.2 Å². The van der Waals surface area contributed by atoms with Crippen molar-refractivity contribution in [3.8, 4) is 11.8 Å². The number of aromatic nitrogens is 2. The fourth-order valence-corrected chi connectivity index (χ4v) is 1.90. The van der Waals surface area contributed by atoms with Crippen molar-refractivity contribution in [2.75, 3.05) is 7.11 Å². The molecule has 1 amide bonds. The Kier molecular flexibility index (Phi) is 4.56. The molecule has 1 N–H and O–H groups in total. The summed E-state index contributed by atoms with van der Waals surface area (Å²) in [7, 11) is 1.45. The summed E-state index contributed by atoms with van der Waals surface area (Å²) < 4.78 is 6.11. The van der Waals surface area contributed by atoms with E-state index in [1.54, 1.807) is 12.1 Å². The lowest BCUT2D eigenvalue weighted by Gasteiger charge is -2.08. The first-order valence-electron chi connectivity index (χ1n) is 6.52. The van der Waals surface area contributed by atoms with Crippen LogP contribution in [0.15, 0.2) is 29.5 Å². The minimum absolute atomic E-state index is 0.0296. The number of hydrogen-bond acceptors (Lipinski definition) is 6. The number of nitriles is 1. The summed E-state index contributed by atoms with van der Waals surface area (Å²) in [5, 5.41) is 36.6. The van der Waals surface area contributed by atoms with Gasteiger partial charge in [0.2, 0.25) is 0 Å². The lowest BCUT2D eigenvalue weighted by molar-refractivity contribution is -0.629. The van der Waals surface area contributed by atoms with Gasteiger partial charge in [0.05, 0.1) is 19.2 Å². The van der Waals surface area contributed by atoms with Gasteiger partial charge in [0, 0.05) is 6.07 Å². The predicted octanol–water partition coefficient (Wildman–Crippen LogP) is -0.131. The van der Waals surface area contributed by atoms with Gasteiger partial charge in [-0.1, -0.05) is 0 Å². The third kappa shape index (κ3) is 3.26. The van der Waals surface area contributed by atoms with Gasteiger partial charge < -0.3 is 15.2 Å². The molecule has 0 bridgehead atoms. The van der Waals surface area contributed by atoms with Crippen LogP contribution in [0.2, 0.25) is 0 Å². The zero-order chi connectivity index (χ0) is 17.0. The van der Waals surface area contributed by atoms with Gasteiger partial charge >= 0.3 is 5.69 Å². The van der Waals surface area contributed by atoms with Crippen molar-refractivity contribution >= 4 is 22.7 Å². The molecule has 23 heavy (non-hydrogen) atoms. The Hall–Kier alpha value is -3.41. The summed E-state index contributed by atoms with van der Waals surface area (Å²) in [6, 6.07) is 6.15. The van der Waals surface area contributed by atoms with E-state index in [0.717, 1.165) is 6.20 Å². The molecular formula is C14H13N5O4. The number of amides is 1. The number of methoxy groups -OCH3 is 1. The predicted molar refractivity (Wildman–Crippen MR) is 79.0 cm³/mol. The zero-order valence-corrected chi connectivity index (χ0v) is 12.4. The fraction of sp³-hybridized carbons (Fsp3) is 0.214. The molecule has 0 atom stereocenters. The summed E-state index contributed by atoms with van der Waals surface area (Å²) in [6.07, 6.45) is 0.710. The maximum absolute atomic E-state index is 12.4. The summed E-state index contributed by atoms with van der Waals surface area (Å²) >= 11 is 0. The Morgan fingerprint density at radius 1 is 1.43 bits per heavy atom. The molecule has 9 nitrogen and oxygen atoms in total. The van der Waals surface area contributed by atoms with Crippen molar-refractivity contribution in [3.05, 3.63) is 40.5 Å². The molecule has 0 aliphatic rings. The summed E-state index contributed by atoms with van der Waals surface area (Å²) in [6.45, 7) is 1.46. The van der Waals surface area contributed by atoms with Crippen LogP contribution in [0.1, 0.15) is 19.0 Å². The molecule has 1 aromatic heterocycles. The van der Waals surface area contributed by atoms with Crippen LogP contribution in [0.4, 0.5) is 0 Å². The van der Waals surface area contributed by atoms with Gasteiger partial charge in [-0.2, -0.15) is 19.8 Å². The second kappa shape index (κ2) is 6.57. The average Bonchev–Trinajstić information content (AvgIpc) is 2.55. The van der Waals surface area contributed by atoms with Crippen molar-refractivity contribution in [3.63, 3.8) is 0 Å². The Labute approximate surface area is 131 Å². The van der Waals surface area contributed by atoms with Crippen molar-refractivity contribution in [1.82, 2.24) is 5.43 Å². The zero-order valence-electron chi connectivity index (χ0n) is 12.4. The highest BCUT2D eigenvalue weighted by Crippen LogP contribution is 2.15. The highest BCUT2D eigenvalue weighted by Gasteiger charge is 2.22. The van der Waals surface area contributed by atoms with Crippen LogP contribution in [-0.2, 0) is 4.79 Å². The third-order valence-electron chi connectivity index (χ3n) is 3.06. The van der Waals surface area contributed by atoms with Gasteiger partial charge in [-0.3, -0.25) is 4.79 Å². The van der Waals surface area contributed by atoms with Gasteiger partial charge in [0.1, 0.15) is 17.9 Å². The number of carbonyl (C=O) groups excluding carboxylic acids is 1. The van der Waals surface area contributed by atoms with Crippen molar-refractivity contribution in [2.24, 2.45) is 5.10 Å². The second-order valence-electron chi connectivity index (χ2n) is 4.56. The number of benzene rings is 1. The molecule has 0 saturated heterocycles. The molecule has 1 aromatic carbocycles. The van der Waals surface area contributed by atoms with Crippen molar-refractivity contribution in [2.45, 2.75) is 13.3 Å². The number of carbonyl (C=O) groups is 1. The number of hydrogen-bond donors (Lipinski definition) is 1. The average molecular weight is 315 g/mol. The van der Waals surface area contributed by atoms with Gasteiger partial charge in [-0.05, 0) is 13.0 Å². The van der Waals surface area contributed by atoms with E-state index in [2.05, 4.69) is 10.5 Å². The number of fused-ring (bicyclic) bond motifs is 1. The second-order valence-corrected chi connectivity index (χ2v) is 4.56. The maximum atomic E-state index is 12.4. The Bertz CT molecular complexity index is 841. The van der Waals surface area contributed by atoms with Crippen molar-refractivity contribution < 1.29 is 19.0 Å². The van der Waals surface area contributed by atoms with Crippen LogP contribution >= 0.6 is 0 Å². The van der Waals surface area contributed by atoms with Crippen LogP contribution in [0.25, 0.3) is 11.0 Å². The molecule has 0 spiro atoms. The van der Waals surface area contributed by atoms with E-state index in [-0.39, 0.29) is 28.9 Å². The van der Waals surface area contributed by atoms with E-state index < -0.39 is 5.91 Å². The minimum Gasteiger partial charge on any atom is -0.618 e. The standard InChI is InChI=1S/C14H13N5O4/c1-9(16-17-14(20)5-6-15)13-8-18(21)11-4-3-10(23-2)7-12(11)19(13)22/h3-4,7-8H,5H2,1-2H3,(H,17,20)/b16-9+. The first kappa shape index (κ1) is 16.0. The molecule has 0 fully saturated rings. The quantitative estimate of drug-likeness (QED) is 0.364. The Morgan fingerprint density at radius 3 is 2.83 bits per heavy atom. The van der Waals surface area contributed by atoms with E-state index in [9.17, 15) is 15.2 Å². The SMILES string of the molecule is COc1ccc2c(c1)[n+]([O-])c(/C(C)=N/NC(=O)CC#N)c[n+]2[O-]. The largest absolute Gasteiger partial charge is 0.618 e. The Morgan fingerprint density at radius 2 is 2.17 bits per heavy atom. The van der Waals surface area contributed by atoms with Crippen LogP contribution in [0.3, 0.4) is 0 Å². The lowest BCUT2D eigenvalue weighted by Crippen LogP contribution is -2.43. The molecule has 9 heteroatoms. The smallest absolute Gasteiger partial charge is 0.305 e. The van der Waals surface area contributed by atoms with E-state index in [1.807, 2.05) is 0 Å². The highest BCUT2D eigenvalue weighted by molar-refractivity contribution is 5.96. The highest BCUT2D eigenvalue weighted by atomic mass is 16.5. The molecule has 0 unspecified atom stereocenters. The van der Waals surface area contributed by atoms with Crippen LogP contribution in [0, 0.1) is 21.7 Å². The number of nitrogens with one attached hydrogen (secondary N) is 1. The third-order valence-corrected chi connectivity index (χ3v) is 3.06. The molecule has 0 aliphatic heterocycles. The Balaban J connectivity index is 2.49. The molecule has 1 heterocycles. The van der Waals surface area contributed by atoms with Crippen LogP contribution < -0.4 is 19.6 Å². The van der Waals surface area contributed by atoms with Gasteiger partial charge in [-0.15, -0.1) is 0 Å². The van der Waals surface area contributed by atoms with E-state index in [4.69, 9.17) is 10.00 Å². The number of nitrogens with zero attached hydrogens (tertiary/aromatic N) is 4. The van der Waals surface area contributed by atoms with Gasteiger partial charge in [0.15, 0.2) is 0 Å². The number of ether oxygens (including phenoxy) is 1. The molecular weight excluding hydrogens is 302 g/mol. The van der Waals surface area contributed by atoms with Crippen molar-refractivity contribution in [1.29, 1.82) is 5.26 Å². The number of hydrazone groups is 1. The summed E-state index contributed by atoms with van der Waals surface area (Å²) in [4.78, 5) is 11.2. The van der Waals surface area contributed by atoms with Gasteiger partial charge in [0.25, 0.3) is 23.1 Å². The summed E-state index contributed by atoms with van der Waals surface area (Å²) in [5.41, 5.74) is 2.51. The normalized spacial score (nSPS) is 11.1. The fourth-order valence-electron chi connectivity index (χ4n) is 1.90. The molecule has 2 rings (SSSR count). The lowest BCUT2D eigenvalue weighted by atomic mass is 10.2. The first-order valence-corrected chi connectivity index (χ1v) is 6.52. The van der Waals surface area contributed by atoms with Gasteiger partial charge in [-0.25, -0.2) is 5.43 Å². The molecule has 2 aromatic rings. The molecule has 0 saturated carbocycles. The molecule has 0 radical (unpaired) electrons.